The first-order valence-corrected chi connectivity index (χ1v) is 14.0. The number of nitrogens with zero attached hydrogens (tertiary/aromatic N) is 2. The number of hydrogen-bond acceptors (Lipinski definition) is 3. The van der Waals surface area contributed by atoms with E-state index in [1.165, 1.54) is 12.3 Å². The van der Waals surface area contributed by atoms with Crippen LogP contribution in [-0.4, -0.2) is 9.97 Å². The van der Waals surface area contributed by atoms with Crippen molar-refractivity contribution in [1.29, 1.82) is 0 Å². The summed E-state index contributed by atoms with van der Waals surface area (Å²) in [7, 11) is 0. The predicted octanol–water partition coefficient (Wildman–Crippen LogP) is 10.6. The van der Waals surface area contributed by atoms with E-state index in [1.807, 2.05) is 37.3 Å². The van der Waals surface area contributed by atoms with Gasteiger partial charge in [0.25, 0.3) is 0 Å². The topological polar surface area (TPSA) is 38.9 Å². The van der Waals surface area contributed by atoms with E-state index >= 15 is 0 Å². The molecule has 3 heteroatoms. The molecule has 0 amide bonds. The second kappa shape index (κ2) is 9.03. The summed E-state index contributed by atoms with van der Waals surface area (Å²) in [4.78, 5) is 8.88. The van der Waals surface area contributed by atoms with Crippen molar-refractivity contribution in [2.75, 3.05) is 0 Å². The first kappa shape index (κ1) is 19.6. The highest BCUT2D eigenvalue weighted by Gasteiger charge is 2.50. The summed E-state index contributed by atoms with van der Waals surface area (Å²) in [6.45, 7) is 10.6. The molecule has 3 heterocycles. The van der Waals surface area contributed by atoms with Crippen LogP contribution in [0, 0.1) is 36.9 Å². The molecule has 2 aromatic carbocycles. The first-order valence-electron chi connectivity index (χ1n) is 17.5. The summed E-state index contributed by atoms with van der Waals surface area (Å²) in [5.41, 5.74) is 4.59. The van der Waals surface area contributed by atoms with E-state index in [9.17, 15) is 1.37 Å². The maximum Gasteiger partial charge on any atom is 0.227 e. The van der Waals surface area contributed by atoms with Crippen LogP contribution in [0.3, 0.4) is 0 Å². The lowest BCUT2D eigenvalue weighted by atomic mass is 9.49. The van der Waals surface area contributed by atoms with Gasteiger partial charge in [0, 0.05) is 37.8 Å². The molecule has 0 saturated heterocycles. The fourth-order valence-corrected chi connectivity index (χ4v) is 8.16. The van der Waals surface area contributed by atoms with Crippen molar-refractivity contribution in [2.24, 2.45) is 16.2 Å². The van der Waals surface area contributed by atoms with Crippen LogP contribution in [0.2, 0.25) is 0 Å². The molecule has 1 aliphatic rings. The summed E-state index contributed by atoms with van der Waals surface area (Å²) in [5, 5.41) is 1.44. The first-order chi connectivity index (χ1) is 21.6. The number of fused-ring (bicyclic) bond motifs is 3. The fraction of sp³-hybridized carbons (Fsp3) is 0.405. The molecule has 0 aliphatic heterocycles. The monoisotopic (exact) mass is 537 g/mol. The Morgan fingerprint density at radius 3 is 2.30 bits per heavy atom. The second-order valence-corrected chi connectivity index (χ2v) is 13.6. The number of furan rings is 1. The Kier molecular flexibility index (Phi) is 4.42. The van der Waals surface area contributed by atoms with Crippen LogP contribution in [0.15, 0.2) is 65.2 Å². The molecule has 1 saturated carbocycles. The van der Waals surface area contributed by atoms with Gasteiger partial charge in [-0.3, -0.25) is 4.98 Å². The van der Waals surface area contributed by atoms with Gasteiger partial charge < -0.3 is 4.42 Å². The van der Waals surface area contributed by atoms with Crippen molar-refractivity contribution >= 4 is 22.1 Å². The van der Waals surface area contributed by atoms with Gasteiger partial charge in [-0.15, -0.1) is 0 Å². The van der Waals surface area contributed by atoms with Crippen molar-refractivity contribution in [2.45, 2.75) is 80.9 Å². The van der Waals surface area contributed by atoms with Gasteiger partial charge in [-0.2, -0.15) is 0 Å². The third-order valence-electron chi connectivity index (χ3n) is 8.54. The molecular weight excluding hydrogens is 488 g/mol. The Morgan fingerprint density at radius 1 is 0.825 bits per heavy atom. The van der Waals surface area contributed by atoms with Gasteiger partial charge in [0.15, 0.2) is 0 Å². The molecule has 6 rings (SSSR count). The Bertz CT molecular complexity index is 2010. The zero-order valence-corrected chi connectivity index (χ0v) is 24.5. The number of rotatable bonds is 3. The van der Waals surface area contributed by atoms with Gasteiger partial charge >= 0.3 is 0 Å². The van der Waals surface area contributed by atoms with E-state index in [0.717, 1.165) is 34.9 Å². The molecule has 0 N–H and O–H groups in total. The lowest BCUT2D eigenvalue weighted by molar-refractivity contribution is -0.00953. The van der Waals surface area contributed by atoms with E-state index in [1.54, 1.807) is 12.1 Å². The van der Waals surface area contributed by atoms with Crippen LogP contribution in [0.5, 0.6) is 0 Å². The van der Waals surface area contributed by atoms with Gasteiger partial charge in [0.2, 0.25) is 5.71 Å². The Morgan fingerprint density at radius 2 is 1.60 bits per heavy atom. The van der Waals surface area contributed by atoms with E-state index in [2.05, 4.69) is 57.6 Å². The molecule has 1 fully saturated rings. The highest BCUT2D eigenvalue weighted by atomic mass is 16.3. The molecular formula is C37H42N2O. The molecule has 0 radical (unpaired) electrons. The van der Waals surface area contributed by atoms with Gasteiger partial charge in [-0.1, -0.05) is 71.9 Å². The third-order valence-corrected chi connectivity index (χ3v) is 8.54. The third kappa shape index (κ3) is 4.44. The Labute approximate surface area is 248 Å². The van der Waals surface area contributed by atoms with Crippen molar-refractivity contribution < 1.29 is 14.0 Å². The number of hydrogen-bond donors (Lipinski definition) is 0. The largest absolute Gasteiger partial charge is 0.437 e. The van der Waals surface area contributed by atoms with Gasteiger partial charge in [-0.05, 0) is 108 Å². The number of pyridine rings is 2. The standard InChI is InChI=1S/C37H42N2O/c1-22-17-25(33-36(6,7)20-35(4,5)21-37(33,8)9)14-16-26(22)30-18-31(38-19-23(30)2)29-12-10-11-27-28-15-13-24(3)39-34(28)40-32(27)29/h10-19,33H,20-21H2,1-9H3/i2D3,3D3,33D. The number of aryl methyl sites for hydroxylation is 3. The molecule has 40 heavy (non-hydrogen) atoms. The van der Waals surface area contributed by atoms with Crippen molar-refractivity contribution in [3.05, 3.63) is 83.2 Å². The lowest BCUT2D eigenvalue weighted by Gasteiger charge is -2.56. The minimum absolute atomic E-state index is 0.0508. The molecule has 5 aromatic rings. The van der Waals surface area contributed by atoms with Crippen molar-refractivity contribution in [3.63, 3.8) is 0 Å². The smallest absolute Gasteiger partial charge is 0.227 e. The number of benzene rings is 2. The van der Waals surface area contributed by atoms with Crippen LogP contribution in [0.1, 0.15) is 92.3 Å². The summed E-state index contributed by atoms with van der Waals surface area (Å²) in [6, 6.07) is 16.6. The van der Waals surface area contributed by atoms with Gasteiger partial charge in [0.05, 0.1) is 5.69 Å². The zero-order chi connectivity index (χ0) is 34.5. The summed E-state index contributed by atoms with van der Waals surface area (Å²) >= 11 is 0. The van der Waals surface area contributed by atoms with Crippen LogP contribution >= 0.6 is 0 Å². The average Bonchev–Trinajstić information content (AvgIpc) is 3.31. The molecule has 3 nitrogen and oxygen atoms in total. The van der Waals surface area contributed by atoms with Crippen molar-refractivity contribution in [1.82, 2.24) is 9.97 Å². The van der Waals surface area contributed by atoms with E-state index in [4.69, 9.17) is 12.6 Å². The van der Waals surface area contributed by atoms with Crippen LogP contribution in [0.4, 0.5) is 0 Å². The van der Waals surface area contributed by atoms with Crippen LogP contribution in [-0.2, 0) is 0 Å². The molecule has 0 unspecified atom stereocenters. The molecule has 0 spiro atoms. The van der Waals surface area contributed by atoms with Gasteiger partial charge in [-0.25, -0.2) is 4.98 Å². The maximum atomic E-state index is 10.0. The van der Waals surface area contributed by atoms with E-state index < -0.39 is 19.6 Å². The summed E-state index contributed by atoms with van der Waals surface area (Å²) in [6.07, 6.45) is 3.26. The minimum atomic E-state index is -2.41. The average molecular weight is 538 g/mol. The van der Waals surface area contributed by atoms with Crippen LogP contribution < -0.4 is 0 Å². The highest BCUT2D eigenvalue weighted by molar-refractivity contribution is 6.08. The SMILES string of the molecule is [2H]C([2H])([2H])c1ccc2c(n1)oc1c(-c3cc(-c4ccc(C5([2H])C(C)(C)CC(C)(C)CC5(C)C)cc4C)c(C([2H])([2H])[2H])cn3)cccc12. The summed E-state index contributed by atoms with van der Waals surface area (Å²) in [5.74, 6) is -0.862. The number of para-hydroxylation sites is 1. The molecule has 3 aromatic heterocycles. The van der Waals surface area contributed by atoms with Crippen molar-refractivity contribution in [3.8, 4) is 22.4 Å². The normalized spacial score (nSPS) is 22.4. The molecule has 0 bridgehead atoms. The van der Waals surface area contributed by atoms with E-state index in [-0.39, 0.29) is 33.2 Å². The molecule has 1 aliphatic carbocycles. The zero-order valence-electron chi connectivity index (χ0n) is 31.5. The highest BCUT2D eigenvalue weighted by Crippen LogP contribution is 2.61. The quantitative estimate of drug-likeness (QED) is 0.230. The molecule has 0 atom stereocenters. The predicted molar refractivity (Wildman–Crippen MR) is 168 cm³/mol. The summed E-state index contributed by atoms with van der Waals surface area (Å²) < 4.78 is 64.5. The number of aromatic nitrogens is 2. The second-order valence-electron chi connectivity index (χ2n) is 13.6. The lowest BCUT2D eigenvalue weighted by Crippen LogP contribution is -2.45. The Hall–Kier alpha value is -3.46. The Balaban J connectivity index is 1.51. The van der Waals surface area contributed by atoms with Gasteiger partial charge in [0.1, 0.15) is 5.58 Å². The fourth-order valence-electron chi connectivity index (χ4n) is 8.16. The molecule has 206 valence electrons. The minimum Gasteiger partial charge on any atom is -0.437 e. The van der Waals surface area contributed by atoms with E-state index in [0.29, 0.717) is 27.8 Å². The maximum absolute atomic E-state index is 10.0. The van der Waals surface area contributed by atoms with Crippen LogP contribution in [0.25, 0.3) is 44.5 Å².